The number of rotatable bonds is 11. The highest BCUT2D eigenvalue weighted by atomic mass is 32.2. The Kier molecular flexibility index (Phi) is 9.02. The summed E-state index contributed by atoms with van der Waals surface area (Å²) in [6.45, 7) is 6.03. The van der Waals surface area contributed by atoms with Gasteiger partial charge in [-0.1, -0.05) is 26.2 Å². The first-order chi connectivity index (χ1) is 13.7. The second-order valence-corrected chi connectivity index (χ2v) is 11.2. The predicted molar refractivity (Wildman–Crippen MR) is 110 cm³/mol. The maximum absolute atomic E-state index is 13.9. The molecule has 166 valence electrons. The summed E-state index contributed by atoms with van der Waals surface area (Å²) >= 11 is 0. The molecule has 10 heteroatoms. The zero-order valence-corrected chi connectivity index (χ0v) is 18.8. The third-order valence-corrected chi connectivity index (χ3v) is 7.98. The number of unbranched alkanes of at least 4 members (excludes halogenated alkanes) is 3. The summed E-state index contributed by atoms with van der Waals surface area (Å²) in [6.07, 6.45) is 4.56. The first-order valence-electron chi connectivity index (χ1n) is 9.96. The summed E-state index contributed by atoms with van der Waals surface area (Å²) < 4.78 is 70.7. The highest BCUT2D eigenvalue weighted by molar-refractivity contribution is 7.91. The lowest BCUT2D eigenvalue weighted by atomic mass is 10.2. The number of sulfone groups is 1. The highest BCUT2D eigenvalue weighted by Crippen LogP contribution is 2.23. The molecular formula is C19H31FN2O5S2. The van der Waals surface area contributed by atoms with Crippen LogP contribution in [-0.4, -0.2) is 78.2 Å². The second-order valence-electron chi connectivity index (χ2n) is 7.28. The molecule has 0 amide bonds. The Bertz CT molecular complexity index is 869. The van der Waals surface area contributed by atoms with Gasteiger partial charge in [-0.2, -0.15) is 4.31 Å². The molecule has 1 heterocycles. The molecule has 0 unspecified atom stereocenters. The van der Waals surface area contributed by atoms with Crippen molar-refractivity contribution in [2.45, 2.75) is 42.4 Å². The van der Waals surface area contributed by atoms with Crippen LogP contribution in [0.3, 0.4) is 0 Å². The molecule has 29 heavy (non-hydrogen) atoms. The van der Waals surface area contributed by atoms with Crippen molar-refractivity contribution in [3.63, 3.8) is 0 Å². The van der Waals surface area contributed by atoms with Gasteiger partial charge < -0.3 is 4.74 Å². The van der Waals surface area contributed by atoms with E-state index in [1.54, 1.807) is 0 Å². The zero-order valence-electron chi connectivity index (χ0n) is 17.1. The Balaban J connectivity index is 2.23. The fourth-order valence-electron chi connectivity index (χ4n) is 3.22. The van der Waals surface area contributed by atoms with Crippen LogP contribution < -0.4 is 0 Å². The van der Waals surface area contributed by atoms with Gasteiger partial charge >= 0.3 is 0 Å². The first kappa shape index (κ1) is 24.2. The van der Waals surface area contributed by atoms with E-state index in [1.807, 2.05) is 0 Å². The van der Waals surface area contributed by atoms with Crippen molar-refractivity contribution in [3.8, 4) is 0 Å². The monoisotopic (exact) mass is 450 g/mol. The molecule has 7 nitrogen and oxygen atoms in total. The zero-order chi connectivity index (χ0) is 21.5. The molecule has 1 fully saturated rings. The molecule has 1 saturated heterocycles. The Labute approximate surface area is 173 Å². The van der Waals surface area contributed by atoms with Crippen LogP contribution in [0.1, 0.15) is 32.6 Å². The number of sulfonamides is 1. The average Bonchev–Trinajstić information content (AvgIpc) is 2.67. The van der Waals surface area contributed by atoms with E-state index in [1.165, 1.54) is 4.31 Å². The van der Waals surface area contributed by atoms with Crippen LogP contribution in [-0.2, 0) is 24.6 Å². The SMILES string of the molecule is CCCCCCN(CCN1CCOCC1)S(=O)(=O)c1ccc(F)c(S(C)(=O)=O)c1. The summed E-state index contributed by atoms with van der Waals surface area (Å²) in [5.74, 6) is -0.950. The Morgan fingerprint density at radius 2 is 1.76 bits per heavy atom. The lowest BCUT2D eigenvalue weighted by molar-refractivity contribution is 0.0362. The van der Waals surface area contributed by atoms with Crippen molar-refractivity contribution in [3.05, 3.63) is 24.0 Å². The van der Waals surface area contributed by atoms with Crippen molar-refractivity contribution < 1.29 is 26.0 Å². The van der Waals surface area contributed by atoms with Crippen molar-refractivity contribution >= 4 is 19.9 Å². The number of nitrogens with zero attached hydrogens (tertiary/aromatic N) is 2. The number of hydrogen-bond donors (Lipinski definition) is 0. The van der Waals surface area contributed by atoms with Gasteiger partial charge in [0, 0.05) is 39.0 Å². The third kappa shape index (κ3) is 6.99. The standard InChI is InChI=1S/C19H31FN2O5S2/c1-3-4-5-6-9-22(11-10-21-12-14-27-15-13-21)29(25,26)17-7-8-18(20)19(16-17)28(2,23)24/h7-8,16H,3-6,9-15H2,1-2H3. The maximum Gasteiger partial charge on any atom is 0.243 e. The summed E-state index contributed by atoms with van der Waals surface area (Å²) in [7, 11) is -7.82. The minimum atomic E-state index is -3.94. The molecule has 0 aliphatic carbocycles. The van der Waals surface area contributed by atoms with Crippen LogP contribution >= 0.6 is 0 Å². The van der Waals surface area contributed by atoms with E-state index in [0.717, 1.165) is 63.2 Å². The van der Waals surface area contributed by atoms with Gasteiger partial charge in [0.2, 0.25) is 10.0 Å². The van der Waals surface area contributed by atoms with Crippen molar-refractivity contribution in [1.29, 1.82) is 0 Å². The molecule has 1 aliphatic heterocycles. The van der Waals surface area contributed by atoms with E-state index in [-0.39, 0.29) is 4.90 Å². The molecule has 0 radical (unpaired) electrons. The largest absolute Gasteiger partial charge is 0.379 e. The van der Waals surface area contributed by atoms with E-state index in [4.69, 9.17) is 4.74 Å². The number of halogens is 1. The summed E-state index contributed by atoms with van der Waals surface area (Å²) in [6, 6.07) is 2.96. The van der Waals surface area contributed by atoms with Gasteiger partial charge in [-0.15, -0.1) is 0 Å². The van der Waals surface area contributed by atoms with Crippen LogP contribution in [0.4, 0.5) is 4.39 Å². The topological polar surface area (TPSA) is 84.0 Å². The second kappa shape index (κ2) is 10.8. The van der Waals surface area contributed by atoms with Gasteiger partial charge in [-0.05, 0) is 24.6 Å². The third-order valence-electron chi connectivity index (χ3n) is 4.97. The molecule has 0 N–H and O–H groups in total. The smallest absolute Gasteiger partial charge is 0.243 e. The van der Waals surface area contributed by atoms with Gasteiger partial charge in [0.1, 0.15) is 10.7 Å². The van der Waals surface area contributed by atoms with Crippen molar-refractivity contribution in [2.24, 2.45) is 0 Å². The van der Waals surface area contributed by atoms with E-state index in [0.29, 0.717) is 32.8 Å². The van der Waals surface area contributed by atoms with Crippen LogP contribution in [0.15, 0.2) is 28.0 Å². The minimum Gasteiger partial charge on any atom is -0.379 e. The van der Waals surface area contributed by atoms with Crippen molar-refractivity contribution in [2.75, 3.05) is 52.2 Å². The number of benzene rings is 1. The summed E-state index contributed by atoms with van der Waals surface area (Å²) in [4.78, 5) is 1.35. The van der Waals surface area contributed by atoms with Gasteiger partial charge in [0.05, 0.1) is 18.1 Å². The normalized spacial score (nSPS) is 16.4. The van der Waals surface area contributed by atoms with E-state index < -0.39 is 30.6 Å². The number of morpholine rings is 1. The van der Waals surface area contributed by atoms with Gasteiger partial charge in [-0.25, -0.2) is 21.2 Å². The Morgan fingerprint density at radius 3 is 2.38 bits per heavy atom. The highest BCUT2D eigenvalue weighted by Gasteiger charge is 2.27. The van der Waals surface area contributed by atoms with E-state index in [2.05, 4.69) is 11.8 Å². The van der Waals surface area contributed by atoms with Crippen LogP contribution in [0.2, 0.25) is 0 Å². The maximum atomic E-state index is 13.9. The van der Waals surface area contributed by atoms with Crippen LogP contribution in [0.5, 0.6) is 0 Å². The quantitative estimate of drug-likeness (QED) is 0.480. The predicted octanol–water partition coefficient (Wildman–Crippen LogP) is 2.13. The van der Waals surface area contributed by atoms with Gasteiger partial charge in [0.15, 0.2) is 9.84 Å². The van der Waals surface area contributed by atoms with Crippen LogP contribution in [0, 0.1) is 5.82 Å². The van der Waals surface area contributed by atoms with E-state index in [9.17, 15) is 21.2 Å². The average molecular weight is 451 g/mol. The van der Waals surface area contributed by atoms with Crippen molar-refractivity contribution in [1.82, 2.24) is 9.21 Å². The molecule has 1 aromatic rings. The molecule has 0 saturated carbocycles. The molecule has 2 rings (SSSR count). The fourth-order valence-corrected chi connectivity index (χ4v) is 5.56. The van der Waals surface area contributed by atoms with E-state index >= 15 is 0 Å². The van der Waals surface area contributed by atoms with Gasteiger partial charge in [0.25, 0.3) is 0 Å². The lowest BCUT2D eigenvalue weighted by Gasteiger charge is -2.29. The molecule has 1 aromatic carbocycles. The lowest BCUT2D eigenvalue weighted by Crippen LogP contribution is -2.43. The molecule has 0 atom stereocenters. The fraction of sp³-hybridized carbons (Fsp3) is 0.684. The molecule has 0 bridgehead atoms. The molecular weight excluding hydrogens is 419 g/mol. The molecule has 1 aliphatic rings. The minimum absolute atomic E-state index is 0.197. The first-order valence-corrected chi connectivity index (χ1v) is 13.3. The Hall–Kier alpha value is -1.07. The summed E-state index contributed by atoms with van der Waals surface area (Å²) in [5, 5.41) is 0. The number of hydrogen-bond acceptors (Lipinski definition) is 6. The van der Waals surface area contributed by atoms with Crippen LogP contribution in [0.25, 0.3) is 0 Å². The summed E-state index contributed by atoms with van der Waals surface area (Å²) in [5.41, 5.74) is 0. The Morgan fingerprint density at radius 1 is 1.07 bits per heavy atom. The van der Waals surface area contributed by atoms with Gasteiger partial charge in [-0.3, -0.25) is 4.90 Å². The molecule has 0 aromatic heterocycles. The molecule has 0 spiro atoms. The number of ether oxygens (including phenoxy) is 1.